The summed E-state index contributed by atoms with van der Waals surface area (Å²) in [6, 6.07) is 8.82. The van der Waals surface area contributed by atoms with Gasteiger partial charge in [-0.15, -0.1) is 11.8 Å². The Morgan fingerprint density at radius 3 is 3.13 bits per heavy atom. The van der Waals surface area contributed by atoms with Crippen molar-refractivity contribution in [3.05, 3.63) is 29.8 Å². The Labute approximate surface area is 96.7 Å². The third-order valence-electron chi connectivity index (χ3n) is 2.90. The molecule has 1 heterocycles. The van der Waals surface area contributed by atoms with Gasteiger partial charge in [0.15, 0.2) is 0 Å². The fourth-order valence-electron chi connectivity index (χ4n) is 1.98. The van der Waals surface area contributed by atoms with Crippen molar-refractivity contribution in [2.75, 3.05) is 18.8 Å². The molecule has 1 aliphatic heterocycles. The fourth-order valence-corrected chi connectivity index (χ4v) is 3.23. The number of fused-ring (bicyclic) bond motifs is 1. The Kier molecular flexibility index (Phi) is 4.09. The van der Waals surface area contributed by atoms with Crippen LogP contribution in [0.1, 0.15) is 31.2 Å². The summed E-state index contributed by atoms with van der Waals surface area (Å²) in [7, 11) is 0. The molecule has 0 radical (unpaired) electrons. The van der Waals surface area contributed by atoms with E-state index in [0.29, 0.717) is 0 Å². The SMILES string of the molecule is CCCCNCC1CSc2ccccc21. The van der Waals surface area contributed by atoms with E-state index in [1.54, 1.807) is 5.56 Å². The Hall–Kier alpha value is -0.470. The summed E-state index contributed by atoms with van der Waals surface area (Å²) in [4.78, 5) is 1.49. The molecule has 2 rings (SSSR count). The smallest absolute Gasteiger partial charge is 0.0108 e. The van der Waals surface area contributed by atoms with Gasteiger partial charge in [-0.25, -0.2) is 0 Å². The molecule has 1 aromatic carbocycles. The summed E-state index contributed by atoms with van der Waals surface area (Å²) in [5.41, 5.74) is 1.55. The Morgan fingerprint density at radius 2 is 2.27 bits per heavy atom. The lowest BCUT2D eigenvalue weighted by Crippen LogP contribution is -2.22. The molecule has 0 bridgehead atoms. The van der Waals surface area contributed by atoms with Crippen molar-refractivity contribution in [3.63, 3.8) is 0 Å². The van der Waals surface area contributed by atoms with Crippen molar-refractivity contribution >= 4 is 11.8 Å². The van der Waals surface area contributed by atoms with Crippen LogP contribution in [0.15, 0.2) is 29.2 Å². The highest BCUT2D eigenvalue weighted by Crippen LogP contribution is 2.38. The summed E-state index contributed by atoms with van der Waals surface area (Å²) in [5, 5.41) is 3.56. The standard InChI is InChI=1S/C13H19NS/c1-2-3-8-14-9-11-10-15-13-7-5-4-6-12(11)13/h4-7,11,14H,2-3,8-10H2,1H3. The van der Waals surface area contributed by atoms with Gasteiger partial charge in [0.2, 0.25) is 0 Å². The van der Waals surface area contributed by atoms with Gasteiger partial charge in [-0.3, -0.25) is 0 Å². The van der Waals surface area contributed by atoms with E-state index < -0.39 is 0 Å². The molecule has 0 fully saturated rings. The van der Waals surface area contributed by atoms with Gasteiger partial charge in [-0.05, 0) is 24.6 Å². The summed E-state index contributed by atoms with van der Waals surface area (Å²) in [6.45, 7) is 4.55. The van der Waals surface area contributed by atoms with Gasteiger partial charge in [0, 0.05) is 23.1 Å². The molecule has 1 N–H and O–H groups in total. The molecule has 0 spiro atoms. The molecule has 1 nitrogen and oxygen atoms in total. The zero-order valence-electron chi connectivity index (χ0n) is 9.33. The molecule has 0 saturated heterocycles. The van der Waals surface area contributed by atoms with E-state index in [2.05, 4.69) is 36.5 Å². The number of thioether (sulfide) groups is 1. The van der Waals surface area contributed by atoms with E-state index in [0.717, 1.165) is 12.5 Å². The van der Waals surface area contributed by atoms with Crippen LogP contribution in [0.2, 0.25) is 0 Å². The number of nitrogens with one attached hydrogen (secondary N) is 1. The van der Waals surface area contributed by atoms with Crippen LogP contribution in [0.4, 0.5) is 0 Å². The molecule has 15 heavy (non-hydrogen) atoms. The number of rotatable bonds is 5. The van der Waals surface area contributed by atoms with E-state index in [9.17, 15) is 0 Å². The zero-order valence-corrected chi connectivity index (χ0v) is 10.1. The van der Waals surface area contributed by atoms with Crippen LogP contribution in [-0.4, -0.2) is 18.8 Å². The molecule has 1 atom stereocenters. The predicted octanol–water partition coefficient (Wildman–Crippen LogP) is 3.27. The summed E-state index contributed by atoms with van der Waals surface area (Å²) in [5.74, 6) is 1.97. The van der Waals surface area contributed by atoms with Crippen molar-refractivity contribution in [2.45, 2.75) is 30.6 Å². The van der Waals surface area contributed by atoms with Gasteiger partial charge in [-0.2, -0.15) is 0 Å². The zero-order chi connectivity index (χ0) is 10.5. The predicted molar refractivity (Wildman–Crippen MR) is 67.7 cm³/mol. The quantitative estimate of drug-likeness (QED) is 0.766. The van der Waals surface area contributed by atoms with Crippen molar-refractivity contribution in [2.24, 2.45) is 0 Å². The minimum Gasteiger partial charge on any atom is -0.316 e. The molecule has 82 valence electrons. The topological polar surface area (TPSA) is 12.0 Å². The third kappa shape index (κ3) is 2.76. The molecule has 0 saturated carbocycles. The minimum absolute atomic E-state index is 0.725. The number of unbranched alkanes of at least 4 members (excludes halogenated alkanes) is 1. The minimum atomic E-state index is 0.725. The fraction of sp³-hybridized carbons (Fsp3) is 0.538. The first-order chi connectivity index (χ1) is 7.42. The van der Waals surface area contributed by atoms with Crippen LogP contribution >= 0.6 is 11.8 Å². The van der Waals surface area contributed by atoms with Gasteiger partial charge in [0.25, 0.3) is 0 Å². The highest BCUT2D eigenvalue weighted by atomic mass is 32.2. The molecular weight excluding hydrogens is 202 g/mol. The lowest BCUT2D eigenvalue weighted by Gasteiger charge is -2.11. The molecular formula is C13H19NS. The molecule has 2 heteroatoms. The second-order valence-electron chi connectivity index (χ2n) is 4.10. The highest BCUT2D eigenvalue weighted by Gasteiger charge is 2.21. The van der Waals surface area contributed by atoms with Crippen molar-refractivity contribution < 1.29 is 0 Å². The summed E-state index contributed by atoms with van der Waals surface area (Å²) >= 11 is 2.00. The largest absolute Gasteiger partial charge is 0.316 e. The number of benzene rings is 1. The van der Waals surface area contributed by atoms with Crippen molar-refractivity contribution in [1.82, 2.24) is 5.32 Å². The van der Waals surface area contributed by atoms with E-state index in [1.165, 1.54) is 30.0 Å². The molecule has 0 aromatic heterocycles. The number of hydrogen-bond acceptors (Lipinski definition) is 2. The van der Waals surface area contributed by atoms with Gasteiger partial charge in [0.1, 0.15) is 0 Å². The first-order valence-electron chi connectivity index (χ1n) is 5.84. The Morgan fingerprint density at radius 1 is 1.40 bits per heavy atom. The van der Waals surface area contributed by atoms with Crippen LogP contribution in [0.25, 0.3) is 0 Å². The van der Waals surface area contributed by atoms with Gasteiger partial charge in [-0.1, -0.05) is 31.5 Å². The normalized spacial score (nSPS) is 19.1. The maximum absolute atomic E-state index is 3.56. The molecule has 0 aliphatic carbocycles. The maximum atomic E-state index is 3.56. The van der Waals surface area contributed by atoms with Crippen molar-refractivity contribution in [1.29, 1.82) is 0 Å². The van der Waals surface area contributed by atoms with Crippen LogP contribution in [0.3, 0.4) is 0 Å². The van der Waals surface area contributed by atoms with Crippen molar-refractivity contribution in [3.8, 4) is 0 Å². The second kappa shape index (κ2) is 5.57. The Balaban J connectivity index is 1.85. The molecule has 1 unspecified atom stereocenters. The van der Waals surface area contributed by atoms with E-state index in [4.69, 9.17) is 0 Å². The second-order valence-corrected chi connectivity index (χ2v) is 5.17. The molecule has 1 aliphatic rings. The first kappa shape index (κ1) is 11.0. The average molecular weight is 221 g/mol. The van der Waals surface area contributed by atoms with Gasteiger partial charge >= 0.3 is 0 Å². The third-order valence-corrected chi connectivity index (χ3v) is 4.15. The lowest BCUT2D eigenvalue weighted by atomic mass is 10.0. The first-order valence-corrected chi connectivity index (χ1v) is 6.83. The maximum Gasteiger partial charge on any atom is 0.0108 e. The lowest BCUT2D eigenvalue weighted by molar-refractivity contribution is 0.596. The van der Waals surface area contributed by atoms with Crippen LogP contribution < -0.4 is 5.32 Å². The number of hydrogen-bond donors (Lipinski definition) is 1. The van der Waals surface area contributed by atoms with Crippen LogP contribution in [-0.2, 0) is 0 Å². The van der Waals surface area contributed by atoms with Gasteiger partial charge in [0.05, 0.1) is 0 Å². The van der Waals surface area contributed by atoms with Crippen LogP contribution in [0, 0.1) is 0 Å². The van der Waals surface area contributed by atoms with E-state index in [-0.39, 0.29) is 0 Å². The highest BCUT2D eigenvalue weighted by molar-refractivity contribution is 7.99. The monoisotopic (exact) mass is 221 g/mol. The van der Waals surface area contributed by atoms with Crippen LogP contribution in [0.5, 0.6) is 0 Å². The summed E-state index contributed by atoms with van der Waals surface area (Å²) in [6.07, 6.45) is 2.57. The summed E-state index contributed by atoms with van der Waals surface area (Å²) < 4.78 is 0. The average Bonchev–Trinajstić information content (AvgIpc) is 2.68. The van der Waals surface area contributed by atoms with Gasteiger partial charge < -0.3 is 5.32 Å². The Bertz CT molecular complexity index is 311. The molecule has 0 amide bonds. The van der Waals surface area contributed by atoms with E-state index in [1.807, 2.05) is 11.8 Å². The van der Waals surface area contributed by atoms with E-state index >= 15 is 0 Å². The molecule has 1 aromatic rings.